The molecule has 3 rings (SSSR count). The average molecular weight is 383 g/mol. The summed E-state index contributed by atoms with van der Waals surface area (Å²) in [6.45, 7) is 9.87. The highest BCUT2D eigenvalue weighted by atomic mass is 16.5. The number of amides is 1. The van der Waals surface area contributed by atoms with Gasteiger partial charge in [0, 0.05) is 50.3 Å². The maximum atomic E-state index is 12.5. The molecule has 6 heteroatoms. The summed E-state index contributed by atoms with van der Waals surface area (Å²) in [5.41, 5.74) is 0.991. The number of carbonyl (C=O) groups is 1. The second-order valence-electron chi connectivity index (χ2n) is 7.51. The molecule has 0 spiro atoms. The van der Waals surface area contributed by atoms with Crippen LogP contribution in [0.4, 0.5) is 5.82 Å². The number of aromatic nitrogens is 2. The number of hydrogen-bond donors (Lipinski definition) is 0. The van der Waals surface area contributed by atoms with Crippen LogP contribution < -0.4 is 9.64 Å². The molecule has 1 aliphatic heterocycles. The Morgan fingerprint density at radius 3 is 2.50 bits per heavy atom. The summed E-state index contributed by atoms with van der Waals surface area (Å²) in [5, 5.41) is 0. The predicted molar refractivity (Wildman–Crippen MR) is 111 cm³/mol. The third kappa shape index (κ3) is 5.44. The Balaban J connectivity index is 1.44. The Kier molecular flexibility index (Phi) is 6.85. The summed E-state index contributed by atoms with van der Waals surface area (Å²) in [6.07, 6.45) is 1.26. The third-order valence-corrected chi connectivity index (χ3v) is 4.88. The van der Waals surface area contributed by atoms with E-state index in [0.717, 1.165) is 55.7 Å². The molecule has 150 valence electrons. The standard InChI is InChI=1S/C22H30N4O2/c1-17(2)22-23-18(3)16-20(24-22)25-11-13-26(14-12-25)21(27)10-7-15-28-19-8-5-4-6-9-19/h4-6,8-9,16-17H,7,10-15H2,1-3H3. The van der Waals surface area contributed by atoms with E-state index in [4.69, 9.17) is 9.72 Å². The van der Waals surface area contributed by atoms with E-state index in [9.17, 15) is 4.79 Å². The zero-order chi connectivity index (χ0) is 19.9. The maximum absolute atomic E-state index is 12.5. The number of piperazine rings is 1. The van der Waals surface area contributed by atoms with Gasteiger partial charge in [-0.25, -0.2) is 9.97 Å². The van der Waals surface area contributed by atoms with E-state index >= 15 is 0 Å². The van der Waals surface area contributed by atoms with Gasteiger partial charge in [-0.2, -0.15) is 0 Å². The minimum atomic E-state index is 0.207. The molecule has 6 nitrogen and oxygen atoms in total. The van der Waals surface area contributed by atoms with Gasteiger partial charge in [0.15, 0.2) is 0 Å². The smallest absolute Gasteiger partial charge is 0.222 e. The van der Waals surface area contributed by atoms with E-state index in [-0.39, 0.29) is 5.91 Å². The van der Waals surface area contributed by atoms with Crippen molar-refractivity contribution in [2.45, 2.75) is 39.5 Å². The lowest BCUT2D eigenvalue weighted by atomic mass is 10.2. The Hall–Kier alpha value is -2.63. The molecule has 1 fully saturated rings. The van der Waals surface area contributed by atoms with Crippen LogP contribution in [0.15, 0.2) is 36.4 Å². The fourth-order valence-corrected chi connectivity index (χ4v) is 3.27. The van der Waals surface area contributed by atoms with Gasteiger partial charge in [0.2, 0.25) is 5.91 Å². The number of rotatable bonds is 7. The fourth-order valence-electron chi connectivity index (χ4n) is 3.27. The van der Waals surface area contributed by atoms with Crippen LogP contribution in [0.5, 0.6) is 5.75 Å². The first-order chi connectivity index (χ1) is 13.5. The van der Waals surface area contributed by atoms with Crippen molar-refractivity contribution < 1.29 is 9.53 Å². The van der Waals surface area contributed by atoms with Gasteiger partial charge in [0.25, 0.3) is 0 Å². The maximum Gasteiger partial charge on any atom is 0.222 e. The quantitative estimate of drug-likeness (QED) is 0.687. The predicted octanol–water partition coefficient (Wildman–Crippen LogP) is 3.42. The van der Waals surface area contributed by atoms with Gasteiger partial charge in [-0.3, -0.25) is 4.79 Å². The van der Waals surface area contributed by atoms with E-state index in [1.165, 1.54) is 0 Å². The van der Waals surface area contributed by atoms with Crippen molar-refractivity contribution in [2.75, 3.05) is 37.7 Å². The number of carbonyl (C=O) groups excluding carboxylic acids is 1. The Morgan fingerprint density at radius 2 is 1.82 bits per heavy atom. The van der Waals surface area contributed by atoms with E-state index in [2.05, 4.69) is 23.7 Å². The summed E-state index contributed by atoms with van der Waals surface area (Å²) >= 11 is 0. The van der Waals surface area contributed by atoms with Crippen molar-refractivity contribution in [3.63, 3.8) is 0 Å². The summed E-state index contributed by atoms with van der Waals surface area (Å²) in [6, 6.07) is 11.8. The molecule has 2 aromatic rings. The SMILES string of the molecule is Cc1cc(N2CCN(C(=O)CCCOc3ccccc3)CC2)nc(C(C)C)n1. The molecular weight excluding hydrogens is 352 g/mol. The molecule has 0 saturated carbocycles. The molecule has 0 unspecified atom stereocenters. The highest BCUT2D eigenvalue weighted by Gasteiger charge is 2.22. The normalized spacial score (nSPS) is 14.4. The molecule has 1 saturated heterocycles. The van der Waals surface area contributed by atoms with E-state index < -0.39 is 0 Å². The molecular formula is C22H30N4O2. The van der Waals surface area contributed by atoms with Crippen LogP contribution in [0.25, 0.3) is 0 Å². The van der Waals surface area contributed by atoms with Crippen molar-refractivity contribution in [1.82, 2.24) is 14.9 Å². The minimum absolute atomic E-state index is 0.207. The third-order valence-electron chi connectivity index (χ3n) is 4.88. The van der Waals surface area contributed by atoms with Crippen LogP contribution in [0, 0.1) is 6.92 Å². The number of hydrogen-bond acceptors (Lipinski definition) is 5. The summed E-state index contributed by atoms with van der Waals surface area (Å²) in [4.78, 5) is 25.9. The van der Waals surface area contributed by atoms with Gasteiger partial charge in [0.05, 0.1) is 6.61 Å². The summed E-state index contributed by atoms with van der Waals surface area (Å²) in [7, 11) is 0. The van der Waals surface area contributed by atoms with Gasteiger partial charge in [0.1, 0.15) is 17.4 Å². The number of para-hydroxylation sites is 1. The lowest BCUT2D eigenvalue weighted by molar-refractivity contribution is -0.131. The van der Waals surface area contributed by atoms with Crippen molar-refractivity contribution in [1.29, 1.82) is 0 Å². The minimum Gasteiger partial charge on any atom is -0.494 e. The zero-order valence-corrected chi connectivity index (χ0v) is 17.1. The molecule has 1 aliphatic rings. The molecule has 2 heterocycles. The number of benzene rings is 1. The Bertz CT molecular complexity index is 771. The molecule has 0 bridgehead atoms. The van der Waals surface area contributed by atoms with Crippen LogP contribution >= 0.6 is 0 Å². The van der Waals surface area contributed by atoms with E-state index in [0.29, 0.717) is 18.9 Å². The van der Waals surface area contributed by atoms with Crippen LogP contribution in [0.2, 0.25) is 0 Å². The van der Waals surface area contributed by atoms with Gasteiger partial charge in [-0.15, -0.1) is 0 Å². The highest BCUT2D eigenvalue weighted by Crippen LogP contribution is 2.19. The number of nitrogens with zero attached hydrogens (tertiary/aromatic N) is 4. The van der Waals surface area contributed by atoms with Gasteiger partial charge in [-0.1, -0.05) is 32.0 Å². The lowest BCUT2D eigenvalue weighted by Crippen LogP contribution is -2.49. The van der Waals surface area contributed by atoms with Crippen LogP contribution in [-0.2, 0) is 4.79 Å². The molecule has 0 aliphatic carbocycles. The second kappa shape index (κ2) is 9.53. The average Bonchev–Trinajstić information content (AvgIpc) is 2.71. The van der Waals surface area contributed by atoms with E-state index in [1.54, 1.807) is 0 Å². The lowest BCUT2D eigenvalue weighted by Gasteiger charge is -2.35. The first-order valence-corrected chi connectivity index (χ1v) is 10.1. The van der Waals surface area contributed by atoms with Gasteiger partial charge < -0.3 is 14.5 Å². The molecule has 1 amide bonds. The molecule has 1 aromatic heterocycles. The Morgan fingerprint density at radius 1 is 1.11 bits per heavy atom. The fraction of sp³-hybridized carbons (Fsp3) is 0.500. The number of aryl methyl sites for hydroxylation is 1. The zero-order valence-electron chi connectivity index (χ0n) is 17.1. The van der Waals surface area contributed by atoms with Crippen molar-refractivity contribution in [2.24, 2.45) is 0 Å². The van der Waals surface area contributed by atoms with Gasteiger partial charge >= 0.3 is 0 Å². The van der Waals surface area contributed by atoms with Crippen molar-refractivity contribution in [3.8, 4) is 5.75 Å². The molecule has 0 radical (unpaired) electrons. The van der Waals surface area contributed by atoms with Crippen LogP contribution in [0.1, 0.15) is 44.1 Å². The largest absolute Gasteiger partial charge is 0.494 e. The Labute approximate surface area is 167 Å². The molecule has 0 N–H and O–H groups in total. The first kappa shape index (κ1) is 20.1. The van der Waals surface area contributed by atoms with Gasteiger partial charge in [-0.05, 0) is 25.5 Å². The first-order valence-electron chi connectivity index (χ1n) is 10.1. The summed E-state index contributed by atoms with van der Waals surface area (Å²) in [5.74, 6) is 3.22. The molecule has 1 aromatic carbocycles. The summed E-state index contributed by atoms with van der Waals surface area (Å²) < 4.78 is 5.67. The second-order valence-corrected chi connectivity index (χ2v) is 7.51. The molecule has 0 atom stereocenters. The highest BCUT2D eigenvalue weighted by molar-refractivity contribution is 5.76. The topological polar surface area (TPSA) is 58.6 Å². The van der Waals surface area contributed by atoms with Crippen LogP contribution in [-0.4, -0.2) is 53.6 Å². The van der Waals surface area contributed by atoms with Crippen LogP contribution in [0.3, 0.4) is 0 Å². The molecule has 28 heavy (non-hydrogen) atoms. The van der Waals surface area contributed by atoms with Crippen molar-refractivity contribution >= 4 is 11.7 Å². The van der Waals surface area contributed by atoms with E-state index in [1.807, 2.05) is 48.2 Å². The monoisotopic (exact) mass is 382 g/mol. The van der Waals surface area contributed by atoms with Crippen molar-refractivity contribution in [3.05, 3.63) is 47.9 Å². The number of ether oxygens (including phenoxy) is 1. The number of anilines is 1.